The predicted octanol–water partition coefficient (Wildman–Crippen LogP) is 0.820. The number of benzene rings is 1. The normalized spacial score (nSPS) is 12.2. The molecule has 8 heteroatoms. The summed E-state index contributed by atoms with van der Waals surface area (Å²) < 4.78 is 18.9. The maximum Gasteiger partial charge on any atom is 0.360 e. The van der Waals surface area contributed by atoms with Gasteiger partial charge in [-0.15, -0.1) is 5.10 Å². The zero-order valence-electron chi connectivity index (χ0n) is 11.9. The summed E-state index contributed by atoms with van der Waals surface area (Å²) in [4.78, 5) is 11.7. The second-order valence-corrected chi connectivity index (χ2v) is 4.51. The van der Waals surface area contributed by atoms with E-state index in [0.29, 0.717) is 5.56 Å². The van der Waals surface area contributed by atoms with E-state index in [0.717, 1.165) is 0 Å². The lowest BCUT2D eigenvalue weighted by Crippen LogP contribution is -2.15. The minimum atomic E-state index is -0.984. The standard InChI is InChI=1S/C14H16FN3O4/c1-2-22-14(21)13-11(8-19)18(17-16-13)7-12(20)9-3-5-10(15)6-4-9/h3-6,12,19-20H,2,7-8H2,1H3/t12-/m0/s1. The van der Waals surface area contributed by atoms with Crippen molar-refractivity contribution in [3.63, 3.8) is 0 Å². The van der Waals surface area contributed by atoms with Crippen LogP contribution in [0.4, 0.5) is 4.39 Å². The van der Waals surface area contributed by atoms with Crippen molar-refractivity contribution in [1.82, 2.24) is 15.0 Å². The Bertz CT molecular complexity index is 642. The summed E-state index contributed by atoms with van der Waals surface area (Å²) in [6.07, 6.45) is -0.984. The first-order valence-corrected chi connectivity index (χ1v) is 6.70. The molecule has 118 valence electrons. The van der Waals surface area contributed by atoms with Crippen molar-refractivity contribution < 1.29 is 24.1 Å². The molecule has 0 aliphatic carbocycles. The molecule has 0 radical (unpaired) electrons. The van der Waals surface area contributed by atoms with E-state index in [1.54, 1.807) is 6.92 Å². The molecule has 0 unspecified atom stereocenters. The van der Waals surface area contributed by atoms with E-state index in [1.807, 2.05) is 0 Å². The van der Waals surface area contributed by atoms with Crippen molar-refractivity contribution in [2.75, 3.05) is 6.61 Å². The van der Waals surface area contributed by atoms with Crippen LogP contribution in [0.5, 0.6) is 0 Å². The molecule has 0 spiro atoms. The van der Waals surface area contributed by atoms with Crippen LogP contribution in [0.25, 0.3) is 0 Å². The van der Waals surface area contributed by atoms with Crippen LogP contribution in [0.1, 0.15) is 34.8 Å². The Morgan fingerprint density at radius 3 is 2.68 bits per heavy atom. The average Bonchev–Trinajstić information content (AvgIpc) is 2.90. The van der Waals surface area contributed by atoms with Gasteiger partial charge < -0.3 is 14.9 Å². The van der Waals surface area contributed by atoms with Gasteiger partial charge in [0.05, 0.1) is 31.6 Å². The highest BCUT2D eigenvalue weighted by Gasteiger charge is 2.21. The van der Waals surface area contributed by atoms with Crippen molar-refractivity contribution in [2.45, 2.75) is 26.2 Å². The highest BCUT2D eigenvalue weighted by Crippen LogP contribution is 2.17. The molecule has 0 bridgehead atoms. The summed E-state index contributed by atoms with van der Waals surface area (Å²) in [5.74, 6) is -1.09. The van der Waals surface area contributed by atoms with Crippen LogP contribution >= 0.6 is 0 Å². The monoisotopic (exact) mass is 309 g/mol. The van der Waals surface area contributed by atoms with Crippen molar-refractivity contribution in [3.8, 4) is 0 Å². The minimum absolute atomic E-state index is 0.0338. The number of aliphatic hydroxyl groups is 2. The third-order valence-electron chi connectivity index (χ3n) is 3.06. The van der Waals surface area contributed by atoms with Gasteiger partial charge in [-0.05, 0) is 24.6 Å². The Kier molecular flexibility index (Phi) is 5.18. The summed E-state index contributed by atoms with van der Waals surface area (Å²) in [5.41, 5.74) is 0.550. The predicted molar refractivity (Wildman–Crippen MR) is 73.3 cm³/mol. The summed E-state index contributed by atoms with van der Waals surface area (Å²) in [7, 11) is 0. The van der Waals surface area contributed by atoms with Gasteiger partial charge in [0.25, 0.3) is 0 Å². The first-order chi connectivity index (χ1) is 10.6. The lowest BCUT2D eigenvalue weighted by molar-refractivity contribution is 0.0515. The molecule has 0 saturated heterocycles. The fourth-order valence-corrected chi connectivity index (χ4v) is 1.95. The number of rotatable bonds is 6. The van der Waals surface area contributed by atoms with Gasteiger partial charge in [0.1, 0.15) is 5.82 Å². The first-order valence-electron chi connectivity index (χ1n) is 6.70. The number of carbonyl (C=O) groups is 1. The number of hydrogen-bond donors (Lipinski definition) is 2. The molecule has 2 rings (SSSR count). The molecule has 1 aromatic carbocycles. The van der Waals surface area contributed by atoms with Gasteiger partial charge in [-0.2, -0.15) is 0 Å². The molecule has 0 aliphatic rings. The van der Waals surface area contributed by atoms with Gasteiger partial charge >= 0.3 is 5.97 Å². The van der Waals surface area contributed by atoms with Gasteiger partial charge in [-0.1, -0.05) is 17.3 Å². The van der Waals surface area contributed by atoms with E-state index in [-0.39, 0.29) is 24.5 Å². The largest absolute Gasteiger partial charge is 0.461 e. The molecule has 0 fully saturated rings. The van der Waals surface area contributed by atoms with Crippen LogP contribution in [0.2, 0.25) is 0 Å². The van der Waals surface area contributed by atoms with Crippen molar-refractivity contribution >= 4 is 5.97 Å². The number of aliphatic hydroxyl groups excluding tert-OH is 2. The molecular formula is C14H16FN3O4. The van der Waals surface area contributed by atoms with E-state index in [4.69, 9.17) is 4.74 Å². The van der Waals surface area contributed by atoms with Crippen molar-refractivity contribution in [2.24, 2.45) is 0 Å². The highest BCUT2D eigenvalue weighted by molar-refractivity contribution is 5.88. The maximum absolute atomic E-state index is 12.9. The third-order valence-corrected chi connectivity index (χ3v) is 3.06. The summed E-state index contributed by atoms with van der Waals surface area (Å²) >= 11 is 0. The van der Waals surface area contributed by atoms with Crippen LogP contribution in [-0.2, 0) is 17.9 Å². The van der Waals surface area contributed by atoms with Crippen LogP contribution < -0.4 is 0 Å². The van der Waals surface area contributed by atoms with Gasteiger partial charge in [0.15, 0.2) is 5.69 Å². The Morgan fingerprint density at radius 1 is 1.41 bits per heavy atom. The molecule has 2 aromatic rings. The summed E-state index contributed by atoms with van der Waals surface area (Å²) in [6, 6.07) is 5.36. The third kappa shape index (κ3) is 3.46. The SMILES string of the molecule is CCOC(=O)c1nnn(C[C@H](O)c2ccc(F)cc2)c1CO. The number of aromatic nitrogens is 3. The molecule has 22 heavy (non-hydrogen) atoms. The van der Waals surface area contributed by atoms with Gasteiger partial charge in [-0.25, -0.2) is 13.9 Å². The number of ether oxygens (including phenoxy) is 1. The fourth-order valence-electron chi connectivity index (χ4n) is 1.95. The Hall–Kier alpha value is -2.32. The Balaban J connectivity index is 2.19. The summed E-state index contributed by atoms with van der Waals surface area (Å²) in [6.45, 7) is 1.32. The average molecular weight is 309 g/mol. The van der Waals surface area contributed by atoms with Crippen LogP contribution in [0, 0.1) is 5.82 Å². The number of hydrogen-bond acceptors (Lipinski definition) is 6. The zero-order valence-corrected chi connectivity index (χ0v) is 11.9. The van der Waals surface area contributed by atoms with Gasteiger partial charge in [0, 0.05) is 0 Å². The fraction of sp³-hybridized carbons (Fsp3) is 0.357. The molecule has 1 atom stereocenters. The van der Waals surface area contributed by atoms with E-state index in [1.165, 1.54) is 28.9 Å². The van der Waals surface area contributed by atoms with E-state index in [2.05, 4.69) is 10.3 Å². The number of nitrogens with zero attached hydrogens (tertiary/aromatic N) is 3. The van der Waals surface area contributed by atoms with Crippen LogP contribution in [0.15, 0.2) is 24.3 Å². The van der Waals surface area contributed by atoms with Crippen molar-refractivity contribution in [3.05, 3.63) is 47.0 Å². The molecule has 1 heterocycles. The molecular weight excluding hydrogens is 293 g/mol. The topological polar surface area (TPSA) is 97.5 Å². The van der Waals surface area contributed by atoms with Crippen molar-refractivity contribution in [1.29, 1.82) is 0 Å². The Morgan fingerprint density at radius 2 is 2.09 bits per heavy atom. The quantitative estimate of drug-likeness (QED) is 0.767. The molecule has 2 N–H and O–H groups in total. The molecule has 1 aromatic heterocycles. The lowest BCUT2D eigenvalue weighted by Gasteiger charge is -2.12. The molecule has 0 saturated carbocycles. The van der Waals surface area contributed by atoms with E-state index >= 15 is 0 Å². The van der Waals surface area contributed by atoms with Crippen LogP contribution in [-0.4, -0.2) is 37.8 Å². The van der Waals surface area contributed by atoms with Gasteiger partial charge in [-0.3, -0.25) is 0 Å². The highest BCUT2D eigenvalue weighted by atomic mass is 19.1. The first kappa shape index (κ1) is 16.1. The second kappa shape index (κ2) is 7.10. The maximum atomic E-state index is 12.9. The number of halogens is 1. The lowest BCUT2D eigenvalue weighted by atomic mass is 10.1. The second-order valence-electron chi connectivity index (χ2n) is 4.51. The number of esters is 1. The molecule has 0 amide bonds. The van der Waals surface area contributed by atoms with Gasteiger partial charge in [0.2, 0.25) is 0 Å². The molecule has 0 aliphatic heterocycles. The smallest absolute Gasteiger partial charge is 0.360 e. The van der Waals surface area contributed by atoms with E-state index in [9.17, 15) is 19.4 Å². The number of carbonyl (C=O) groups excluding carboxylic acids is 1. The van der Waals surface area contributed by atoms with E-state index < -0.39 is 24.5 Å². The summed E-state index contributed by atoms with van der Waals surface area (Å²) in [5, 5.41) is 26.9. The molecule has 7 nitrogen and oxygen atoms in total. The van der Waals surface area contributed by atoms with Crippen LogP contribution in [0.3, 0.4) is 0 Å². The minimum Gasteiger partial charge on any atom is -0.461 e. The zero-order chi connectivity index (χ0) is 16.1. The Labute approximate surface area is 126 Å².